The first kappa shape index (κ1) is 80.6. The Kier molecular flexibility index (Phi) is 96.8. The molecule has 0 aliphatic carbocycles. The van der Waals surface area contributed by atoms with Crippen LogP contribution in [-0.2, 0) is 11.8 Å². The fourth-order valence-electron chi connectivity index (χ4n) is 3.49. The van der Waals surface area contributed by atoms with Gasteiger partial charge in [-0.2, -0.15) is 9.49 Å². The van der Waals surface area contributed by atoms with Crippen molar-refractivity contribution in [3.63, 3.8) is 0 Å². The molecule has 0 bridgehead atoms. The van der Waals surface area contributed by atoms with Crippen molar-refractivity contribution in [2.45, 2.75) is 26.9 Å². The van der Waals surface area contributed by atoms with E-state index in [-0.39, 0.29) is 29.0 Å². The van der Waals surface area contributed by atoms with Gasteiger partial charge < -0.3 is 10.1 Å². The van der Waals surface area contributed by atoms with E-state index in [4.69, 9.17) is 4.74 Å². The molecule has 4 aromatic rings. The number of aromatic nitrogens is 4. The quantitative estimate of drug-likeness (QED) is 0.108. The van der Waals surface area contributed by atoms with Crippen LogP contribution in [0.3, 0.4) is 0 Å². The third-order valence-corrected chi connectivity index (χ3v) is 5.07. The topological polar surface area (TPSA) is 125 Å². The van der Waals surface area contributed by atoms with Crippen LogP contribution in [0.4, 0.5) is 21.7 Å². The summed E-state index contributed by atoms with van der Waals surface area (Å²) in [6, 6.07) is 9.60. The molecule has 0 aliphatic rings. The van der Waals surface area contributed by atoms with E-state index in [1.807, 2.05) is 24.3 Å². The van der Waals surface area contributed by atoms with Crippen molar-refractivity contribution >= 4 is 539 Å². The van der Waals surface area contributed by atoms with Crippen LogP contribution in [0.1, 0.15) is 29.8 Å². The first-order chi connectivity index (χ1) is 24.2. The van der Waals surface area contributed by atoms with Crippen molar-refractivity contribution in [1.82, 2.24) is 19.7 Å². The van der Waals surface area contributed by atoms with Crippen LogP contribution >= 0.6 is 0 Å². The molecule has 2 heterocycles. The first-order valence-corrected chi connectivity index (χ1v) is 146. The van der Waals surface area contributed by atoms with Crippen molar-refractivity contribution in [1.29, 1.82) is 0 Å². The van der Waals surface area contributed by atoms with E-state index in [0.717, 1.165) is 23.0 Å². The number of benzene rings is 2. The Bertz CT molecular complexity index is 1480. The van der Waals surface area contributed by atoms with Crippen molar-refractivity contribution in [3.8, 4) is 11.4 Å². The van der Waals surface area contributed by atoms with Crippen molar-refractivity contribution in [2.75, 3.05) is 5.32 Å². The fraction of sp³-hybridized carbons (Fsp3) is 0.217. The van der Waals surface area contributed by atoms with Gasteiger partial charge in [-0.1, -0.05) is 18.2 Å². The summed E-state index contributed by atoms with van der Waals surface area (Å²) in [6.45, 7) is 5.06. The van der Waals surface area contributed by atoms with E-state index < -0.39 is 22.4 Å². The normalized spacial score (nSPS) is 8.84. The van der Waals surface area contributed by atoms with Crippen LogP contribution in [0.25, 0.3) is 22.3 Å². The number of nitro groups is 1. The Morgan fingerprint density at radius 3 is 1.86 bits per heavy atom. The summed E-state index contributed by atoms with van der Waals surface area (Å²) in [5, 5.41) is 19.4. The molecule has 0 unspecified atom stereocenters. The molecular weight excluding hydrogens is 1070 g/mol. The van der Waals surface area contributed by atoms with Gasteiger partial charge >= 0.3 is 517 Å². The summed E-state index contributed by atoms with van der Waals surface area (Å²) in [6.07, 6.45) is 0.951. The second-order valence-corrected chi connectivity index (χ2v) is 7.90. The number of rotatable bonds is 6. The zero-order chi connectivity index (χ0) is 40.6. The molecule has 190 valence electrons. The van der Waals surface area contributed by atoms with Crippen LogP contribution in [0.15, 0.2) is 42.6 Å². The predicted octanol–water partition coefficient (Wildman–Crippen LogP) is -1.40. The number of hydrogen-bond acceptors (Lipinski definition) is 8. The van der Waals surface area contributed by atoms with Gasteiger partial charge in [-0.3, -0.25) is 14.8 Å². The van der Waals surface area contributed by atoms with Crippen molar-refractivity contribution in [2.24, 2.45) is 7.05 Å². The number of fused-ring (bicyclic) bond motifs is 1. The van der Waals surface area contributed by atoms with Gasteiger partial charge in [0.1, 0.15) is 17.0 Å². The number of hydrogen-bond donors (Lipinski definition) is 1. The molecule has 50 heavy (non-hydrogen) atoms. The molecule has 0 radical (unpaired) electrons. The number of anilines is 2. The summed E-state index contributed by atoms with van der Waals surface area (Å²) >= 11 is 20.0. The van der Waals surface area contributed by atoms with E-state index in [2.05, 4.69) is 20.4 Å². The van der Waals surface area contributed by atoms with Crippen LogP contribution < -0.4 is 5.32 Å². The summed E-state index contributed by atoms with van der Waals surface area (Å²) in [7, 11) is 1.78. The van der Waals surface area contributed by atoms with Gasteiger partial charge in [0.15, 0.2) is 0 Å². The van der Waals surface area contributed by atoms with Gasteiger partial charge in [-0.15, -0.1) is 0 Å². The Morgan fingerprint density at radius 1 is 0.880 bits per heavy atom. The first-order valence-electron chi connectivity index (χ1n) is 18.4. The minimum atomic E-state index is -0.943. The van der Waals surface area contributed by atoms with E-state index in [9.17, 15) is 19.3 Å². The number of ether oxygens (including phenoxy) is 1. The fourth-order valence-corrected chi connectivity index (χ4v) is 3.49. The van der Waals surface area contributed by atoms with Crippen LogP contribution in [0.5, 0.6) is 0 Å². The van der Waals surface area contributed by atoms with E-state index >= 15 is 0 Å². The Hall–Kier alpha value is 21.8. The molecule has 2 aromatic carbocycles. The zero-order valence-corrected chi connectivity index (χ0v) is 84.8. The number of carbonyl (C=O) groups is 1. The van der Waals surface area contributed by atoms with E-state index in [0.29, 0.717) is 11.3 Å². The van der Waals surface area contributed by atoms with Gasteiger partial charge in [0.2, 0.25) is 11.8 Å². The van der Waals surface area contributed by atoms with Gasteiger partial charge in [0.05, 0.1) is 22.2 Å². The number of esters is 1. The molecule has 0 atom stereocenters. The Labute approximate surface area is 659 Å². The molecule has 4 rings (SSSR count). The maximum atomic E-state index is 13.9. The molecule has 0 spiro atoms. The predicted molar refractivity (Wildman–Crippen MR) is 215 cm³/mol. The summed E-state index contributed by atoms with van der Waals surface area (Å²) in [5.74, 6) is -1.50. The molecular formula is C23H21FK16N6O4. The van der Waals surface area contributed by atoms with Gasteiger partial charge in [0.25, 0.3) is 0 Å². The Morgan fingerprint density at radius 2 is 1.38 bits per heavy atom. The summed E-state index contributed by atoms with van der Waals surface area (Å²) < 4.78 is 21.0. The number of carbonyl (C=O) groups excluding carboxylic acids is 1. The molecule has 1 N–H and O–H groups in total. The maximum absolute atomic E-state index is 13.9. The second-order valence-electron chi connectivity index (χ2n) is 7.90. The molecule has 27 heteroatoms. The van der Waals surface area contributed by atoms with Crippen molar-refractivity contribution < 1.29 is 18.8 Å². The van der Waals surface area contributed by atoms with E-state index in [1.165, 1.54) is 511 Å². The molecule has 0 aliphatic heterocycles. The number of nitrogens with zero attached hydrogens (tertiary/aromatic N) is 5. The Balaban J connectivity index is -0.000000372. The SMILES string of the molecule is Cc1cc(F)c([N+](=O)[O-])cc1Nc1ncc(C(=O)OC(C)C)c(-c2nn(C)c3ccccc23)n1.[K][K].[K][K].[K][K].[K][K].[K][K].[K][K].[K][K].[K][K]. The van der Waals surface area contributed by atoms with Gasteiger partial charge in [0, 0.05) is 24.7 Å². The zero-order valence-electron chi connectivity index (χ0n) is 34.9. The number of nitrogens with one attached hydrogen (secondary N) is 1. The molecule has 2 aromatic heterocycles. The molecule has 0 saturated carbocycles. The average Bonchev–Trinajstić information content (AvgIpc) is 3.51. The van der Waals surface area contributed by atoms with Crippen LogP contribution in [0, 0.1) is 22.9 Å². The van der Waals surface area contributed by atoms with Gasteiger partial charge in [-0.25, -0.2) is 14.8 Å². The average molecular weight is 1090 g/mol. The van der Waals surface area contributed by atoms with Gasteiger partial charge in [-0.05, 0) is 38.5 Å². The summed E-state index contributed by atoms with van der Waals surface area (Å²) in [5.41, 5.74) is 1.61. The van der Waals surface area contributed by atoms with Crippen molar-refractivity contribution in [3.05, 3.63) is 69.7 Å². The number of aryl methyl sites for hydroxylation is 2. The summed E-state index contributed by atoms with van der Waals surface area (Å²) in [4.78, 5) is 31.8. The third-order valence-electron chi connectivity index (χ3n) is 5.07. The monoisotopic (exact) mass is 1090 g/mol. The number of halogens is 1. The van der Waals surface area contributed by atoms with Crippen LogP contribution in [0.2, 0.25) is 0 Å². The molecule has 0 saturated heterocycles. The molecule has 0 amide bonds. The standard InChI is InChI=1S/C23H21FN6O4.16K/c1-12(2)34-22(31)15-11-25-23(26-17-10-19(30(32)33)16(24)9-13(17)3)27-20(15)21-14-7-5-6-8-18(14)29(4)28-21;;;;;;;;;;;;;;;;/h5-12H,1-4H3,(H,25,26,27);;;;;;;;;;;;;;;;. The molecule has 0 fully saturated rings. The third kappa shape index (κ3) is 37.5. The van der Waals surface area contributed by atoms with Crippen LogP contribution in [-0.4, -0.2) is 542 Å². The number of nitro benzene ring substituents is 1. The van der Waals surface area contributed by atoms with E-state index in [1.54, 1.807) is 32.5 Å². The molecule has 10 nitrogen and oxygen atoms in total. The number of para-hydroxylation sites is 1. The second kappa shape index (κ2) is 60.0. The minimum absolute atomic E-state index is 0.0508.